The molecule has 0 aliphatic carbocycles. The van der Waals surface area contributed by atoms with Crippen LogP contribution in [0.5, 0.6) is 0 Å². The fourth-order valence-corrected chi connectivity index (χ4v) is 1.70. The summed E-state index contributed by atoms with van der Waals surface area (Å²) in [6.45, 7) is 8.45. The van der Waals surface area contributed by atoms with Crippen molar-refractivity contribution in [1.82, 2.24) is 10.6 Å². The smallest absolute Gasteiger partial charge is 0.222 e. The standard InChI is InChI=1S/C15H24N2O/c1-12(2)15(18)17-10-9-16-11-13(3)14-7-5-4-6-8-14/h4-8,12-13,16H,9-11H2,1-3H3,(H,17,18). The van der Waals surface area contributed by atoms with Gasteiger partial charge in [-0.1, -0.05) is 51.1 Å². The van der Waals surface area contributed by atoms with Crippen molar-refractivity contribution in [3.05, 3.63) is 35.9 Å². The van der Waals surface area contributed by atoms with Crippen LogP contribution < -0.4 is 10.6 Å². The van der Waals surface area contributed by atoms with E-state index in [9.17, 15) is 4.79 Å². The molecule has 1 unspecified atom stereocenters. The molecular weight excluding hydrogens is 224 g/mol. The van der Waals surface area contributed by atoms with Gasteiger partial charge in [-0.05, 0) is 11.5 Å². The fraction of sp³-hybridized carbons (Fsp3) is 0.533. The Bertz CT molecular complexity index is 349. The lowest BCUT2D eigenvalue weighted by atomic mass is 10.0. The van der Waals surface area contributed by atoms with E-state index in [4.69, 9.17) is 0 Å². The Balaban J connectivity index is 2.13. The first kappa shape index (κ1) is 14.7. The maximum atomic E-state index is 11.3. The van der Waals surface area contributed by atoms with Crippen LogP contribution in [0, 0.1) is 5.92 Å². The second-order valence-electron chi connectivity index (χ2n) is 4.96. The second-order valence-corrected chi connectivity index (χ2v) is 4.96. The van der Waals surface area contributed by atoms with Crippen LogP contribution in [0.15, 0.2) is 30.3 Å². The molecule has 0 aromatic heterocycles. The van der Waals surface area contributed by atoms with Gasteiger partial charge in [-0.25, -0.2) is 0 Å². The Morgan fingerprint density at radius 1 is 1.11 bits per heavy atom. The van der Waals surface area contributed by atoms with Gasteiger partial charge < -0.3 is 10.6 Å². The van der Waals surface area contributed by atoms with Gasteiger partial charge in [0, 0.05) is 25.6 Å². The van der Waals surface area contributed by atoms with E-state index in [0.717, 1.165) is 13.1 Å². The summed E-state index contributed by atoms with van der Waals surface area (Å²) in [5.41, 5.74) is 1.34. The van der Waals surface area contributed by atoms with E-state index in [2.05, 4.69) is 41.8 Å². The Labute approximate surface area is 110 Å². The van der Waals surface area contributed by atoms with Crippen molar-refractivity contribution in [3.63, 3.8) is 0 Å². The highest BCUT2D eigenvalue weighted by molar-refractivity contribution is 5.77. The molecule has 0 saturated heterocycles. The van der Waals surface area contributed by atoms with Gasteiger partial charge in [-0.15, -0.1) is 0 Å². The van der Waals surface area contributed by atoms with E-state index in [1.165, 1.54) is 5.56 Å². The number of carbonyl (C=O) groups is 1. The highest BCUT2D eigenvalue weighted by atomic mass is 16.1. The van der Waals surface area contributed by atoms with Crippen LogP contribution in [-0.2, 0) is 4.79 Å². The molecule has 3 heteroatoms. The lowest BCUT2D eigenvalue weighted by Crippen LogP contribution is -2.35. The van der Waals surface area contributed by atoms with Crippen LogP contribution in [0.2, 0.25) is 0 Å². The van der Waals surface area contributed by atoms with Crippen molar-refractivity contribution in [2.24, 2.45) is 5.92 Å². The first-order chi connectivity index (χ1) is 8.61. The summed E-state index contributed by atoms with van der Waals surface area (Å²) in [7, 11) is 0. The summed E-state index contributed by atoms with van der Waals surface area (Å²) in [6.07, 6.45) is 0. The molecule has 1 rings (SSSR count). The van der Waals surface area contributed by atoms with Gasteiger partial charge in [0.05, 0.1) is 0 Å². The third-order valence-corrected chi connectivity index (χ3v) is 2.94. The predicted molar refractivity (Wildman–Crippen MR) is 75.6 cm³/mol. The van der Waals surface area contributed by atoms with Crippen LogP contribution in [0.25, 0.3) is 0 Å². The summed E-state index contributed by atoms with van der Waals surface area (Å²) in [6, 6.07) is 10.5. The highest BCUT2D eigenvalue weighted by Crippen LogP contribution is 2.12. The van der Waals surface area contributed by atoms with E-state index in [0.29, 0.717) is 12.5 Å². The third kappa shape index (κ3) is 5.32. The van der Waals surface area contributed by atoms with Gasteiger partial charge in [0.1, 0.15) is 0 Å². The normalized spacial score (nSPS) is 12.4. The third-order valence-electron chi connectivity index (χ3n) is 2.94. The van der Waals surface area contributed by atoms with E-state index in [-0.39, 0.29) is 11.8 Å². The maximum absolute atomic E-state index is 11.3. The van der Waals surface area contributed by atoms with Gasteiger partial charge in [0.25, 0.3) is 0 Å². The average Bonchev–Trinajstić information content (AvgIpc) is 2.38. The Morgan fingerprint density at radius 3 is 2.39 bits per heavy atom. The largest absolute Gasteiger partial charge is 0.355 e. The molecular formula is C15H24N2O. The number of hydrogen-bond donors (Lipinski definition) is 2. The molecule has 0 radical (unpaired) electrons. The van der Waals surface area contributed by atoms with Crippen molar-refractivity contribution in [2.45, 2.75) is 26.7 Å². The first-order valence-electron chi connectivity index (χ1n) is 6.64. The van der Waals surface area contributed by atoms with Crippen molar-refractivity contribution in [1.29, 1.82) is 0 Å². The molecule has 0 aliphatic heterocycles. The van der Waals surface area contributed by atoms with Crippen LogP contribution >= 0.6 is 0 Å². The zero-order chi connectivity index (χ0) is 13.4. The van der Waals surface area contributed by atoms with Gasteiger partial charge in [-0.2, -0.15) is 0 Å². The molecule has 1 aromatic rings. The number of nitrogens with one attached hydrogen (secondary N) is 2. The molecule has 0 fully saturated rings. The Morgan fingerprint density at radius 2 is 1.78 bits per heavy atom. The zero-order valence-electron chi connectivity index (χ0n) is 11.6. The van der Waals surface area contributed by atoms with Gasteiger partial charge >= 0.3 is 0 Å². The zero-order valence-corrected chi connectivity index (χ0v) is 11.6. The summed E-state index contributed by atoms with van der Waals surface area (Å²) >= 11 is 0. The first-order valence-corrected chi connectivity index (χ1v) is 6.64. The number of rotatable bonds is 7. The van der Waals surface area contributed by atoms with E-state index >= 15 is 0 Å². The minimum Gasteiger partial charge on any atom is -0.355 e. The molecule has 0 bridgehead atoms. The summed E-state index contributed by atoms with van der Waals surface area (Å²) < 4.78 is 0. The fourth-order valence-electron chi connectivity index (χ4n) is 1.70. The predicted octanol–water partition coefficient (Wildman–Crippen LogP) is 2.15. The van der Waals surface area contributed by atoms with Crippen molar-refractivity contribution < 1.29 is 4.79 Å². The van der Waals surface area contributed by atoms with Crippen LogP contribution in [0.1, 0.15) is 32.3 Å². The summed E-state index contributed by atoms with van der Waals surface area (Å²) in [5.74, 6) is 0.674. The molecule has 1 aromatic carbocycles. The molecule has 0 spiro atoms. The van der Waals surface area contributed by atoms with E-state index in [1.54, 1.807) is 0 Å². The Hall–Kier alpha value is -1.35. The van der Waals surface area contributed by atoms with Crippen molar-refractivity contribution >= 4 is 5.91 Å². The SMILES string of the molecule is CC(C)C(=O)NCCNCC(C)c1ccccc1. The van der Waals surface area contributed by atoms with Crippen LogP contribution in [-0.4, -0.2) is 25.5 Å². The molecule has 18 heavy (non-hydrogen) atoms. The van der Waals surface area contributed by atoms with Crippen LogP contribution in [0.4, 0.5) is 0 Å². The summed E-state index contributed by atoms with van der Waals surface area (Å²) in [4.78, 5) is 11.3. The monoisotopic (exact) mass is 248 g/mol. The minimum atomic E-state index is 0.0632. The minimum absolute atomic E-state index is 0.0632. The molecule has 100 valence electrons. The molecule has 0 heterocycles. The second kappa shape index (κ2) is 7.88. The molecule has 1 atom stereocenters. The van der Waals surface area contributed by atoms with Crippen molar-refractivity contribution in [2.75, 3.05) is 19.6 Å². The summed E-state index contributed by atoms with van der Waals surface area (Å²) in [5, 5.41) is 6.26. The van der Waals surface area contributed by atoms with Gasteiger partial charge in [0.2, 0.25) is 5.91 Å². The number of hydrogen-bond acceptors (Lipinski definition) is 2. The molecule has 0 saturated carbocycles. The van der Waals surface area contributed by atoms with Crippen LogP contribution in [0.3, 0.4) is 0 Å². The lowest BCUT2D eigenvalue weighted by Gasteiger charge is -2.13. The topological polar surface area (TPSA) is 41.1 Å². The van der Waals surface area contributed by atoms with Crippen molar-refractivity contribution in [3.8, 4) is 0 Å². The maximum Gasteiger partial charge on any atom is 0.222 e. The van der Waals surface area contributed by atoms with E-state index < -0.39 is 0 Å². The number of benzene rings is 1. The van der Waals surface area contributed by atoms with Gasteiger partial charge in [0.15, 0.2) is 0 Å². The average molecular weight is 248 g/mol. The number of carbonyl (C=O) groups excluding carboxylic acids is 1. The Kier molecular flexibility index (Phi) is 6.44. The van der Waals surface area contributed by atoms with E-state index in [1.807, 2.05) is 19.9 Å². The quantitative estimate of drug-likeness (QED) is 0.726. The molecule has 0 aliphatic rings. The molecule has 2 N–H and O–H groups in total. The molecule has 1 amide bonds. The molecule has 3 nitrogen and oxygen atoms in total. The lowest BCUT2D eigenvalue weighted by molar-refractivity contribution is -0.123. The van der Waals surface area contributed by atoms with Gasteiger partial charge in [-0.3, -0.25) is 4.79 Å². The highest BCUT2D eigenvalue weighted by Gasteiger charge is 2.06. The number of amides is 1.